The van der Waals surface area contributed by atoms with Crippen LogP contribution < -0.4 is 16.0 Å². The van der Waals surface area contributed by atoms with Crippen molar-refractivity contribution < 1.29 is 0 Å². The summed E-state index contributed by atoms with van der Waals surface area (Å²) in [6, 6.07) is 10.1. The number of hydrogen-bond donors (Lipinski definition) is 2. The molecule has 0 spiro atoms. The highest BCUT2D eigenvalue weighted by atomic mass is 32.2. The van der Waals surface area contributed by atoms with Crippen molar-refractivity contribution in [1.82, 2.24) is 19.9 Å². The summed E-state index contributed by atoms with van der Waals surface area (Å²) >= 11 is 1.44. The van der Waals surface area contributed by atoms with Crippen LogP contribution >= 0.6 is 11.8 Å². The number of allylic oxidation sites excluding steroid dienone is 1. The molecule has 0 unspecified atom stereocenters. The highest BCUT2D eigenvalue weighted by molar-refractivity contribution is 8.06. The lowest BCUT2D eigenvalue weighted by Crippen LogP contribution is -2.45. The van der Waals surface area contributed by atoms with Crippen molar-refractivity contribution in [2.75, 3.05) is 43.4 Å². The van der Waals surface area contributed by atoms with Crippen LogP contribution in [0.25, 0.3) is 12.2 Å². The Balaban J connectivity index is 1.85. The quantitative estimate of drug-likeness (QED) is 0.721. The standard InChI is InChI=1S/C21H27N7S/c1-16(15-22)29-17(2)23-20-24-19(10-9-18-7-5-4-6-8-18)25-21(26-20)28-13-11-27(3)12-14-28/h4-10,15H,2,11-14,22H2,1,3H3,(H,23,24,25,26)/b10-9+,16-15-. The predicted octanol–water partition coefficient (Wildman–Crippen LogP) is 3.23. The van der Waals surface area contributed by atoms with Gasteiger partial charge in [-0.15, -0.1) is 0 Å². The SMILES string of the molecule is C=C(Nc1nc(/C=C/c2ccccc2)nc(N2CCN(C)CC2)n1)S/C(C)=C\N. The number of rotatable bonds is 7. The van der Waals surface area contributed by atoms with Gasteiger partial charge in [0, 0.05) is 37.3 Å². The smallest absolute Gasteiger partial charge is 0.232 e. The van der Waals surface area contributed by atoms with Crippen LogP contribution in [-0.4, -0.2) is 53.1 Å². The Labute approximate surface area is 176 Å². The van der Waals surface area contributed by atoms with Crippen molar-refractivity contribution in [2.45, 2.75) is 6.92 Å². The fourth-order valence-corrected chi connectivity index (χ4v) is 3.37. The molecule has 0 radical (unpaired) electrons. The number of anilines is 2. The summed E-state index contributed by atoms with van der Waals surface area (Å²) in [7, 11) is 2.13. The molecule has 2 heterocycles. The lowest BCUT2D eigenvalue weighted by Gasteiger charge is -2.32. The van der Waals surface area contributed by atoms with Gasteiger partial charge in [0.2, 0.25) is 11.9 Å². The molecule has 0 bridgehead atoms. The van der Waals surface area contributed by atoms with Gasteiger partial charge in [-0.2, -0.15) is 15.0 Å². The van der Waals surface area contributed by atoms with Crippen LogP contribution in [0.1, 0.15) is 18.3 Å². The minimum atomic E-state index is 0.476. The van der Waals surface area contributed by atoms with Gasteiger partial charge >= 0.3 is 0 Å². The minimum absolute atomic E-state index is 0.476. The molecule has 3 rings (SSSR count). The van der Waals surface area contributed by atoms with Crippen molar-refractivity contribution in [3.05, 3.63) is 64.4 Å². The van der Waals surface area contributed by atoms with E-state index in [0.29, 0.717) is 22.8 Å². The minimum Gasteiger partial charge on any atom is -0.404 e. The summed E-state index contributed by atoms with van der Waals surface area (Å²) in [5.41, 5.74) is 6.64. The van der Waals surface area contributed by atoms with Gasteiger partial charge in [-0.3, -0.25) is 0 Å². The molecule has 1 aromatic heterocycles. The summed E-state index contributed by atoms with van der Waals surface area (Å²) in [5, 5.41) is 3.88. The second kappa shape index (κ2) is 10.1. The Hall–Kier alpha value is -2.84. The van der Waals surface area contributed by atoms with E-state index in [9.17, 15) is 0 Å². The van der Waals surface area contributed by atoms with Crippen LogP contribution in [0.5, 0.6) is 0 Å². The third-order valence-electron chi connectivity index (χ3n) is 4.42. The first-order valence-corrected chi connectivity index (χ1v) is 10.3. The predicted molar refractivity (Wildman–Crippen MR) is 123 cm³/mol. The van der Waals surface area contributed by atoms with E-state index in [-0.39, 0.29) is 0 Å². The van der Waals surface area contributed by atoms with Gasteiger partial charge in [0.15, 0.2) is 5.82 Å². The van der Waals surface area contributed by atoms with Crippen LogP contribution in [-0.2, 0) is 0 Å². The van der Waals surface area contributed by atoms with Crippen molar-refractivity contribution in [2.24, 2.45) is 5.73 Å². The first kappa shape index (κ1) is 20.9. The maximum Gasteiger partial charge on any atom is 0.232 e. The number of piperazine rings is 1. The molecular formula is C21H27N7S. The van der Waals surface area contributed by atoms with Crippen LogP contribution in [0.3, 0.4) is 0 Å². The maximum absolute atomic E-state index is 5.55. The first-order valence-electron chi connectivity index (χ1n) is 9.48. The van der Waals surface area contributed by atoms with E-state index in [1.807, 2.05) is 49.4 Å². The Bertz CT molecular complexity index is 887. The molecule has 152 valence electrons. The van der Waals surface area contributed by atoms with Crippen molar-refractivity contribution in [3.63, 3.8) is 0 Å². The normalized spacial score (nSPS) is 15.7. The van der Waals surface area contributed by atoms with Gasteiger partial charge in [-0.25, -0.2) is 0 Å². The van der Waals surface area contributed by atoms with Gasteiger partial charge < -0.3 is 20.9 Å². The van der Waals surface area contributed by atoms with Gasteiger partial charge in [0.05, 0.1) is 5.03 Å². The van der Waals surface area contributed by atoms with E-state index in [2.05, 4.69) is 43.7 Å². The fourth-order valence-electron chi connectivity index (χ4n) is 2.77. The Morgan fingerprint density at radius 2 is 1.83 bits per heavy atom. The fraction of sp³-hybridized carbons (Fsp3) is 0.286. The van der Waals surface area contributed by atoms with E-state index >= 15 is 0 Å². The first-order chi connectivity index (χ1) is 14.0. The van der Waals surface area contributed by atoms with Crippen LogP contribution in [0, 0.1) is 0 Å². The molecule has 7 nitrogen and oxygen atoms in total. The number of aromatic nitrogens is 3. The topological polar surface area (TPSA) is 83.2 Å². The van der Waals surface area contributed by atoms with Crippen molar-refractivity contribution in [3.8, 4) is 0 Å². The van der Waals surface area contributed by atoms with Crippen LogP contribution in [0.2, 0.25) is 0 Å². The largest absolute Gasteiger partial charge is 0.404 e. The van der Waals surface area contributed by atoms with E-state index in [1.54, 1.807) is 6.20 Å². The Kier molecular flexibility index (Phi) is 7.26. The Morgan fingerprint density at radius 3 is 2.52 bits per heavy atom. The lowest BCUT2D eigenvalue weighted by molar-refractivity contribution is 0.311. The number of nitrogens with two attached hydrogens (primary N) is 1. The molecule has 0 amide bonds. The molecule has 1 fully saturated rings. The number of hydrogen-bond acceptors (Lipinski definition) is 8. The third kappa shape index (κ3) is 6.33. The zero-order chi connectivity index (χ0) is 20.6. The number of benzene rings is 1. The highest BCUT2D eigenvalue weighted by Gasteiger charge is 2.18. The maximum atomic E-state index is 5.55. The molecule has 0 saturated carbocycles. The highest BCUT2D eigenvalue weighted by Crippen LogP contribution is 2.24. The number of nitrogens with zero attached hydrogens (tertiary/aromatic N) is 5. The molecule has 1 aromatic carbocycles. The van der Waals surface area contributed by atoms with E-state index in [1.165, 1.54) is 11.8 Å². The monoisotopic (exact) mass is 409 g/mol. The van der Waals surface area contributed by atoms with E-state index < -0.39 is 0 Å². The average Bonchev–Trinajstić information content (AvgIpc) is 2.73. The second-order valence-corrected chi connectivity index (χ2v) is 8.12. The zero-order valence-electron chi connectivity index (χ0n) is 16.9. The van der Waals surface area contributed by atoms with Crippen molar-refractivity contribution >= 4 is 35.8 Å². The van der Waals surface area contributed by atoms with Crippen molar-refractivity contribution in [1.29, 1.82) is 0 Å². The third-order valence-corrected chi connectivity index (χ3v) is 5.23. The summed E-state index contributed by atoms with van der Waals surface area (Å²) in [4.78, 5) is 19.3. The van der Waals surface area contributed by atoms with E-state index in [0.717, 1.165) is 36.6 Å². The Morgan fingerprint density at radius 1 is 1.10 bits per heavy atom. The zero-order valence-corrected chi connectivity index (χ0v) is 17.7. The molecule has 1 saturated heterocycles. The van der Waals surface area contributed by atoms with Gasteiger partial charge in [-0.05, 0) is 25.6 Å². The molecule has 29 heavy (non-hydrogen) atoms. The molecular weight excluding hydrogens is 382 g/mol. The van der Waals surface area contributed by atoms with Crippen LogP contribution in [0.15, 0.2) is 53.0 Å². The average molecular weight is 410 g/mol. The lowest BCUT2D eigenvalue weighted by atomic mass is 10.2. The number of thioether (sulfide) groups is 1. The molecule has 8 heteroatoms. The molecule has 0 aliphatic carbocycles. The van der Waals surface area contributed by atoms with Gasteiger partial charge in [0.1, 0.15) is 0 Å². The molecule has 0 atom stereocenters. The summed E-state index contributed by atoms with van der Waals surface area (Å²) in [6.45, 7) is 9.68. The number of nitrogens with one attached hydrogen (secondary N) is 1. The molecule has 3 N–H and O–H groups in total. The van der Waals surface area contributed by atoms with Gasteiger partial charge in [-0.1, -0.05) is 54.7 Å². The summed E-state index contributed by atoms with van der Waals surface area (Å²) in [6.07, 6.45) is 5.45. The van der Waals surface area contributed by atoms with Crippen LogP contribution in [0.4, 0.5) is 11.9 Å². The number of likely N-dealkylation sites (N-methyl/N-ethyl adjacent to an activating group) is 1. The molecule has 1 aliphatic heterocycles. The van der Waals surface area contributed by atoms with E-state index in [4.69, 9.17) is 5.73 Å². The summed E-state index contributed by atoms with van der Waals surface area (Å²) < 4.78 is 0. The van der Waals surface area contributed by atoms with Gasteiger partial charge in [0.25, 0.3) is 0 Å². The molecule has 1 aliphatic rings. The molecule has 2 aromatic rings. The second-order valence-electron chi connectivity index (χ2n) is 6.78. The summed E-state index contributed by atoms with van der Waals surface area (Å²) in [5.74, 6) is 1.75.